The summed E-state index contributed by atoms with van der Waals surface area (Å²) in [6.45, 7) is 1.02. The Morgan fingerprint density at radius 2 is 2.00 bits per heavy atom. The lowest BCUT2D eigenvalue weighted by atomic mass is 10.2. The van der Waals surface area contributed by atoms with Crippen molar-refractivity contribution < 1.29 is 14.0 Å². The van der Waals surface area contributed by atoms with Crippen molar-refractivity contribution in [3.05, 3.63) is 60.1 Å². The molecule has 2 aromatic rings. The maximum atomic E-state index is 12.7. The molecule has 0 radical (unpaired) electrons. The summed E-state index contributed by atoms with van der Waals surface area (Å²) >= 11 is 1.54. The molecule has 0 spiro atoms. The van der Waals surface area contributed by atoms with E-state index in [2.05, 4.69) is 0 Å². The number of amides is 2. The van der Waals surface area contributed by atoms with Crippen molar-refractivity contribution >= 4 is 23.6 Å². The van der Waals surface area contributed by atoms with Gasteiger partial charge < -0.3 is 14.2 Å². The van der Waals surface area contributed by atoms with E-state index < -0.39 is 0 Å². The Bertz CT molecular complexity index is 658. The van der Waals surface area contributed by atoms with Crippen molar-refractivity contribution in [2.75, 3.05) is 18.2 Å². The van der Waals surface area contributed by atoms with Crippen molar-refractivity contribution in [1.82, 2.24) is 9.80 Å². The van der Waals surface area contributed by atoms with Crippen LogP contribution in [0.25, 0.3) is 0 Å². The van der Waals surface area contributed by atoms with Crippen LogP contribution in [0, 0.1) is 0 Å². The van der Waals surface area contributed by atoms with E-state index in [1.165, 1.54) is 0 Å². The zero-order chi connectivity index (χ0) is 16.1. The molecule has 0 bridgehead atoms. The van der Waals surface area contributed by atoms with E-state index in [0.29, 0.717) is 24.7 Å². The number of carbonyl (C=O) groups is 2. The van der Waals surface area contributed by atoms with Gasteiger partial charge in [-0.1, -0.05) is 30.3 Å². The lowest BCUT2D eigenvalue weighted by Gasteiger charge is -2.24. The molecule has 0 N–H and O–H groups in total. The van der Waals surface area contributed by atoms with Gasteiger partial charge in [-0.05, 0) is 17.7 Å². The smallest absolute Gasteiger partial charge is 0.242 e. The molecule has 3 rings (SSSR count). The van der Waals surface area contributed by atoms with Crippen molar-refractivity contribution in [3.8, 4) is 0 Å². The fourth-order valence-corrected chi connectivity index (χ4v) is 3.33. The van der Waals surface area contributed by atoms with Crippen molar-refractivity contribution in [2.45, 2.75) is 13.1 Å². The Morgan fingerprint density at radius 1 is 1.17 bits per heavy atom. The first-order valence-corrected chi connectivity index (χ1v) is 8.57. The van der Waals surface area contributed by atoms with Gasteiger partial charge in [0.1, 0.15) is 12.3 Å². The molecule has 1 aromatic carbocycles. The standard InChI is InChI=1S/C17H18N2O3S/c20-16(11-19-13-23-12-17(19)21)18(10-15-7-4-8-22-15)9-14-5-2-1-3-6-14/h1-8H,9-13H2. The fourth-order valence-electron chi connectivity index (χ4n) is 2.43. The quantitative estimate of drug-likeness (QED) is 0.816. The van der Waals surface area contributed by atoms with Crippen LogP contribution >= 0.6 is 11.8 Å². The topological polar surface area (TPSA) is 53.8 Å². The highest BCUT2D eigenvalue weighted by molar-refractivity contribution is 8.00. The van der Waals surface area contributed by atoms with Gasteiger partial charge in [0.15, 0.2) is 0 Å². The molecular formula is C17H18N2O3S. The Kier molecular flexibility index (Phi) is 5.02. The molecule has 0 saturated carbocycles. The summed E-state index contributed by atoms with van der Waals surface area (Å²) < 4.78 is 5.36. The second kappa shape index (κ2) is 7.37. The van der Waals surface area contributed by atoms with Gasteiger partial charge in [0.05, 0.1) is 24.4 Å². The third kappa shape index (κ3) is 4.16. The normalized spacial score (nSPS) is 14.3. The summed E-state index contributed by atoms with van der Waals surface area (Å²) in [6, 6.07) is 13.5. The number of furan rings is 1. The van der Waals surface area contributed by atoms with Crippen LogP contribution in [0.4, 0.5) is 0 Å². The molecule has 23 heavy (non-hydrogen) atoms. The van der Waals surface area contributed by atoms with E-state index in [4.69, 9.17) is 4.42 Å². The Hall–Kier alpha value is -2.21. The summed E-state index contributed by atoms with van der Waals surface area (Å²) in [7, 11) is 0. The number of carbonyl (C=O) groups excluding carboxylic acids is 2. The predicted octanol–water partition coefficient (Wildman–Crippen LogP) is 2.34. The van der Waals surface area contributed by atoms with E-state index in [1.54, 1.807) is 33.9 Å². The summed E-state index contributed by atoms with van der Waals surface area (Å²) in [5.74, 6) is 1.74. The summed E-state index contributed by atoms with van der Waals surface area (Å²) in [5, 5.41) is 0. The molecule has 0 unspecified atom stereocenters. The van der Waals surface area contributed by atoms with Crippen LogP contribution in [0.15, 0.2) is 53.1 Å². The van der Waals surface area contributed by atoms with Gasteiger partial charge in [0, 0.05) is 6.54 Å². The summed E-state index contributed by atoms with van der Waals surface area (Å²) in [6.07, 6.45) is 1.60. The number of hydrogen-bond donors (Lipinski definition) is 0. The second-order valence-corrected chi connectivity index (χ2v) is 6.34. The van der Waals surface area contributed by atoms with Crippen LogP contribution in [0.5, 0.6) is 0 Å². The first kappa shape index (κ1) is 15.7. The van der Waals surface area contributed by atoms with E-state index in [1.807, 2.05) is 36.4 Å². The third-order valence-electron chi connectivity index (χ3n) is 3.65. The lowest BCUT2D eigenvalue weighted by molar-refractivity contribution is -0.139. The van der Waals surface area contributed by atoms with Gasteiger partial charge in [-0.2, -0.15) is 0 Å². The van der Waals surface area contributed by atoms with Crippen LogP contribution in [0.3, 0.4) is 0 Å². The van der Waals surface area contributed by atoms with Crippen LogP contribution < -0.4 is 0 Å². The van der Waals surface area contributed by atoms with Crippen LogP contribution in [-0.2, 0) is 22.7 Å². The van der Waals surface area contributed by atoms with E-state index in [-0.39, 0.29) is 18.4 Å². The van der Waals surface area contributed by atoms with Gasteiger partial charge in [0.2, 0.25) is 11.8 Å². The third-order valence-corrected chi connectivity index (χ3v) is 4.59. The molecule has 2 heterocycles. The van der Waals surface area contributed by atoms with Gasteiger partial charge >= 0.3 is 0 Å². The molecule has 1 aromatic heterocycles. The molecule has 0 aliphatic carbocycles. The van der Waals surface area contributed by atoms with Gasteiger partial charge in [0.25, 0.3) is 0 Å². The van der Waals surface area contributed by atoms with Gasteiger partial charge in [-0.25, -0.2) is 0 Å². The Labute approximate surface area is 139 Å². The number of thioether (sulfide) groups is 1. The van der Waals surface area contributed by atoms with Crippen LogP contribution in [-0.4, -0.2) is 39.8 Å². The van der Waals surface area contributed by atoms with Crippen LogP contribution in [0.2, 0.25) is 0 Å². The van der Waals surface area contributed by atoms with Crippen LogP contribution in [0.1, 0.15) is 11.3 Å². The molecule has 0 atom stereocenters. The molecule has 1 aliphatic heterocycles. The average molecular weight is 330 g/mol. The van der Waals surface area contributed by atoms with Crippen molar-refractivity contribution in [1.29, 1.82) is 0 Å². The highest BCUT2D eigenvalue weighted by Gasteiger charge is 2.25. The minimum absolute atomic E-state index is 0.0287. The van der Waals surface area contributed by atoms with Crippen molar-refractivity contribution in [3.63, 3.8) is 0 Å². The molecular weight excluding hydrogens is 312 g/mol. The first-order chi connectivity index (χ1) is 11.2. The molecule has 5 nitrogen and oxygen atoms in total. The average Bonchev–Trinajstić information content (AvgIpc) is 3.20. The molecule has 6 heteroatoms. The highest BCUT2D eigenvalue weighted by Crippen LogP contribution is 2.16. The number of hydrogen-bond acceptors (Lipinski definition) is 4. The van der Waals surface area contributed by atoms with E-state index in [0.717, 1.165) is 11.3 Å². The van der Waals surface area contributed by atoms with E-state index >= 15 is 0 Å². The highest BCUT2D eigenvalue weighted by atomic mass is 32.2. The summed E-state index contributed by atoms with van der Waals surface area (Å²) in [4.78, 5) is 27.7. The molecule has 1 aliphatic rings. The van der Waals surface area contributed by atoms with E-state index in [9.17, 15) is 9.59 Å². The lowest BCUT2D eigenvalue weighted by Crippen LogP contribution is -2.40. The molecule has 1 saturated heterocycles. The molecule has 1 fully saturated rings. The maximum absolute atomic E-state index is 12.7. The minimum atomic E-state index is -0.0684. The number of nitrogens with zero attached hydrogens (tertiary/aromatic N) is 2. The SMILES string of the molecule is O=C1CSCN1CC(=O)N(Cc1ccccc1)Cc1ccco1. The second-order valence-electron chi connectivity index (χ2n) is 5.38. The zero-order valence-electron chi connectivity index (χ0n) is 12.7. The number of benzene rings is 1. The number of rotatable bonds is 6. The Balaban J connectivity index is 1.70. The zero-order valence-corrected chi connectivity index (χ0v) is 13.5. The largest absolute Gasteiger partial charge is 0.467 e. The monoisotopic (exact) mass is 330 g/mol. The minimum Gasteiger partial charge on any atom is -0.467 e. The van der Waals surface area contributed by atoms with Gasteiger partial charge in [-0.15, -0.1) is 11.8 Å². The predicted molar refractivity (Wildman–Crippen MR) is 88.4 cm³/mol. The maximum Gasteiger partial charge on any atom is 0.242 e. The van der Waals surface area contributed by atoms with Crippen molar-refractivity contribution in [2.24, 2.45) is 0 Å². The first-order valence-electron chi connectivity index (χ1n) is 7.42. The van der Waals surface area contributed by atoms with Gasteiger partial charge in [-0.3, -0.25) is 9.59 Å². The Morgan fingerprint density at radius 3 is 2.65 bits per heavy atom. The summed E-state index contributed by atoms with van der Waals surface area (Å²) in [5.41, 5.74) is 1.05. The molecule has 120 valence electrons. The fraction of sp³-hybridized carbons (Fsp3) is 0.294. The molecule has 2 amide bonds.